The number of hydrogen-bond acceptors (Lipinski definition) is 4. The number of hydrogen-bond donors (Lipinski definition) is 0. The molecule has 0 spiro atoms. The molecule has 0 rings (SSSR count). The van der Waals surface area contributed by atoms with Gasteiger partial charge >= 0.3 is 10.1 Å². The predicted octanol–water partition coefficient (Wildman–Crippen LogP) is -0.556. The van der Waals surface area contributed by atoms with Gasteiger partial charge in [-0.25, -0.2) is 0 Å². The van der Waals surface area contributed by atoms with Crippen LogP contribution in [0, 0.1) is 10.7 Å². The summed E-state index contributed by atoms with van der Waals surface area (Å²) in [6.07, 6.45) is 0. The zero-order valence-corrected chi connectivity index (χ0v) is 4.40. The van der Waals surface area contributed by atoms with Crippen LogP contribution in [0.25, 0.3) is 0 Å². The summed E-state index contributed by atoms with van der Waals surface area (Å²) in [6.45, 7) is 0. The third-order valence-electron chi connectivity index (χ3n) is 0.331. The molecule has 4 nitrogen and oxygen atoms in total. The van der Waals surface area contributed by atoms with Gasteiger partial charge in [0, 0.05) is 0 Å². The molecule has 0 bridgehead atoms. The van der Waals surface area contributed by atoms with Crippen LogP contribution in [0.2, 0.25) is 0 Å². The monoisotopic (exact) mass is 121 g/mol. The lowest BCUT2D eigenvalue weighted by Crippen LogP contribution is -1.95. The quantitative estimate of drug-likeness (QED) is 0.265. The van der Waals surface area contributed by atoms with Crippen LogP contribution in [0.5, 0.6) is 0 Å². The van der Waals surface area contributed by atoms with E-state index in [1.54, 1.807) is 0 Å². The first-order valence-electron chi connectivity index (χ1n) is 1.34. The van der Waals surface area contributed by atoms with E-state index in [1.165, 1.54) is 0 Å². The Labute approximate surface area is 41.4 Å². The van der Waals surface area contributed by atoms with Crippen LogP contribution < -0.4 is 0 Å². The highest BCUT2D eigenvalue weighted by atomic mass is 32.2. The maximum atomic E-state index is 9.78. The Morgan fingerprint density at radius 1 is 1.71 bits per heavy atom. The second kappa shape index (κ2) is 1.91. The van der Waals surface area contributed by atoms with Crippen molar-refractivity contribution in [2.24, 2.45) is 0 Å². The van der Waals surface area contributed by atoms with Crippen molar-refractivity contribution in [3.8, 4) is 5.40 Å². The molecule has 0 aromatic rings. The zero-order valence-electron chi connectivity index (χ0n) is 3.58. The Balaban J connectivity index is 4.28. The van der Waals surface area contributed by atoms with Gasteiger partial charge in [0.2, 0.25) is 5.40 Å². The average molecular weight is 121 g/mol. The van der Waals surface area contributed by atoms with E-state index in [0.29, 0.717) is 0 Å². The highest BCUT2D eigenvalue weighted by Crippen LogP contribution is 1.81. The van der Waals surface area contributed by atoms with Crippen LogP contribution in [0.4, 0.5) is 0 Å². The van der Waals surface area contributed by atoms with E-state index < -0.39 is 10.1 Å². The van der Waals surface area contributed by atoms with Gasteiger partial charge in [-0.1, -0.05) is 0 Å². The van der Waals surface area contributed by atoms with Crippen LogP contribution in [0.1, 0.15) is 0 Å². The maximum Gasteiger partial charge on any atom is 0.362 e. The lowest BCUT2D eigenvalue weighted by atomic mass is 11.8. The Morgan fingerprint density at radius 3 is 2.14 bits per heavy atom. The van der Waals surface area contributed by atoms with E-state index in [0.717, 1.165) is 12.5 Å². The summed E-state index contributed by atoms with van der Waals surface area (Å²) < 4.78 is 23.3. The van der Waals surface area contributed by atoms with Crippen LogP contribution >= 0.6 is 0 Å². The van der Waals surface area contributed by atoms with Gasteiger partial charge in [0.25, 0.3) is 0 Å². The molecule has 0 unspecified atom stereocenters. The van der Waals surface area contributed by atoms with Gasteiger partial charge in [-0.15, -0.1) is 0 Å². The van der Waals surface area contributed by atoms with Gasteiger partial charge in [0.05, 0.1) is 7.11 Å². The summed E-state index contributed by atoms with van der Waals surface area (Å²) in [5.41, 5.74) is 0. The largest absolute Gasteiger partial charge is 0.362 e. The molecule has 40 valence electrons. The Bertz CT molecular complexity index is 174. The molecule has 7 heavy (non-hydrogen) atoms. The molecule has 5 heteroatoms. The number of thiocyanates is 1. The van der Waals surface area contributed by atoms with Crippen LogP contribution in [-0.2, 0) is 14.3 Å². The van der Waals surface area contributed by atoms with Gasteiger partial charge in [0.1, 0.15) is 0 Å². The van der Waals surface area contributed by atoms with Crippen molar-refractivity contribution in [1.82, 2.24) is 0 Å². The smallest absolute Gasteiger partial charge is 0.262 e. The SMILES string of the molecule is COS(=O)(=O)C#N. The van der Waals surface area contributed by atoms with E-state index in [9.17, 15) is 8.42 Å². The van der Waals surface area contributed by atoms with Gasteiger partial charge in [-0.2, -0.15) is 13.7 Å². The summed E-state index contributed by atoms with van der Waals surface area (Å²) in [6, 6.07) is 0. The molecule has 0 N–H and O–H groups in total. The van der Waals surface area contributed by atoms with Gasteiger partial charge < -0.3 is 0 Å². The van der Waals surface area contributed by atoms with E-state index in [-0.39, 0.29) is 0 Å². The summed E-state index contributed by atoms with van der Waals surface area (Å²) in [4.78, 5) is 0. The summed E-state index contributed by atoms with van der Waals surface area (Å²) >= 11 is 0. The van der Waals surface area contributed by atoms with Crippen molar-refractivity contribution in [2.45, 2.75) is 0 Å². The van der Waals surface area contributed by atoms with Crippen molar-refractivity contribution in [1.29, 1.82) is 5.26 Å². The topological polar surface area (TPSA) is 67.2 Å². The molecule has 0 fully saturated rings. The van der Waals surface area contributed by atoms with Crippen LogP contribution in [0.15, 0.2) is 0 Å². The molecular formula is C2H3NO3S. The summed E-state index contributed by atoms with van der Waals surface area (Å²) in [7, 11) is -2.92. The minimum atomic E-state index is -3.85. The fraction of sp³-hybridized carbons (Fsp3) is 0.500. The number of rotatable bonds is 1. The molecule has 0 aliphatic heterocycles. The molecule has 0 amide bonds. The van der Waals surface area contributed by atoms with Gasteiger partial charge in [-0.3, -0.25) is 4.18 Å². The standard InChI is InChI=1S/C2H3NO3S/c1-6-7(4,5)2-3/h1H3. The van der Waals surface area contributed by atoms with Crippen molar-refractivity contribution >= 4 is 10.1 Å². The van der Waals surface area contributed by atoms with Crippen LogP contribution in [0.3, 0.4) is 0 Å². The molecule has 0 atom stereocenters. The minimum Gasteiger partial charge on any atom is -0.262 e. The van der Waals surface area contributed by atoms with Gasteiger partial charge in [-0.05, 0) is 0 Å². The highest BCUT2D eigenvalue weighted by Gasteiger charge is 2.01. The molecule has 0 heterocycles. The third kappa shape index (κ3) is 2.14. The lowest BCUT2D eigenvalue weighted by Gasteiger charge is -1.80. The molecule has 0 aromatic heterocycles. The Kier molecular flexibility index (Phi) is 1.75. The Hall–Kier alpha value is -0.600. The fourth-order valence-electron chi connectivity index (χ4n) is 0.0373. The first-order chi connectivity index (χ1) is 3.12. The van der Waals surface area contributed by atoms with Crippen molar-refractivity contribution < 1.29 is 12.6 Å². The first-order valence-corrected chi connectivity index (χ1v) is 2.74. The van der Waals surface area contributed by atoms with E-state index >= 15 is 0 Å². The first kappa shape index (κ1) is 6.40. The number of nitriles is 1. The van der Waals surface area contributed by atoms with E-state index in [2.05, 4.69) is 4.18 Å². The second-order valence-electron chi connectivity index (χ2n) is 0.712. The summed E-state index contributed by atoms with van der Waals surface area (Å²) in [5, 5.41) is 8.57. The molecule has 0 saturated carbocycles. The molecule has 0 aliphatic carbocycles. The minimum absolute atomic E-state index is 0.929. The fourth-order valence-corrected chi connectivity index (χ4v) is 0.112. The molecular weight excluding hydrogens is 118 g/mol. The Morgan fingerprint density at radius 2 is 2.14 bits per heavy atom. The maximum absolute atomic E-state index is 9.78. The average Bonchev–Trinajstić information content (AvgIpc) is 1.68. The predicted molar refractivity (Wildman–Crippen MR) is 21.5 cm³/mol. The second-order valence-corrected chi connectivity index (χ2v) is 2.14. The van der Waals surface area contributed by atoms with Crippen molar-refractivity contribution in [3.63, 3.8) is 0 Å². The molecule has 0 aromatic carbocycles. The van der Waals surface area contributed by atoms with E-state index in [1.807, 2.05) is 0 Å². The van der Waals surface area contributed by atoms with Gasteiger partial charge in [0.15, 0.2) is 0 Å². The zero-order chi connectivity index (χ0) is 5.91. The molecule has 0 saturated heterocycles. The van der Waals surface area contributed by atoms with E-state index in [4.69, 9.17) is 5.26 Å². The highest BCUT2D eigenvalue weighted by molar-refractivity contribution is 7.91. The summed E-state index contributed by atoms with van der Waals surface area (Å²) in [5.74, 6) is 0. The molecule has 0 radical (unpaired) electrons. The van der Waals surface area contributed by atoms with Crippen molar-refractivity contribution in [3.05, 3.63) is 0 Å². The molecule has 0 aliphatic rings. The number of nitrogens with zero attached hydrogens (tertiary/aromatic N) is 1. The normalized spacial score (nSPS) is 10.3. The van der Waals surface area contributed by atoms with Crippen LogP contribution in [-0.4, -0.2) is 15.5 Å². The third-order valence-corrected chi connectivity index (χ3v) is 0.994. The van der Waals surface area contributed by atoms with Crippen molar-refractivity contribution in [2.75, 3.05) is 7.11 Å². The lowest BCUT2D eigenvalue weighted by molar-refractivity contribution is 0.407.